The number of hydrogen-bond donors (Lipinski definition) is 1. The Morgan fingerprint density at radius 3 is 2.58 bits per heavy atom. The average Bonchev–Trinajstić information content (AvgIpc) is 2.33. The first-order chi connectivity index (χ1) is 8.83. The van der Waals surface area contributed by atoms with Crippen molar-refractivity contribution in [3.05, 3.63) is 28.8 Å². The van der Waals surface area contributed by atoms with E-state index in [0.717, 1.165) is 23.8 Å². The van der Waals surface area contributed by atoms with Crippen LogP contribution in [0.25, 0.3) is 0 Å². The second-order valence-electron chi connectivity index (χ2n) is 5.79. The smallest absolute Gasteiger partial charge is 0.0637 e. The number of anilines is 1. The molecule has 0 aliphatic heterocycles. The van der Waals surface area contributed by atoms with Crippen molar-refractivity contribution >= 4 is 17.3 Å². The second kappa shape index (κ2) is 7.13. The van der Waals surface area contributed by atoms with Crippen LogP contribution >= 0.6 is 11.6 Å². The molecule has 0 aromatic heterocycles. The zero-order chi connectivity index (χ0) is 14.5. The van der Waals surface area contributed by atoms with Crippen molar-refractivity contribution in [1.29, 1.82) is 0 Å². The van der Waals surface area contributed by atoms with Gasteiger partial charge in [-0.3, -0.25) is 0 Å². The van der Waals surface area contributed by atoms with E-state index in [9.17, 15) is 0 Å². The highest BCUT2D eigenvalue weighted by atomic mass is 35.5. The van der Waals surface area contributed by atoms with E-state index >= 15 is 0 Å². The lowest BCUT2D eigenvalue weighted by atomic mass is 10.1. The molecule has 1 rings (SSSR count). The first-order valence-corrected chi connectivity index (χ1v) is 6.95. The molecular formula is C15H25ClN2O. The van der Waals surface area contributed by atoms with E-state index in [4.69, 9.17) is 16.3 Å². The molecular weight excluding hydrogens is 260 g/mol. The van der Waals surface area contributed by atoms with Crippen molar-refractivity contribution in [3.63, 3.8) is 0 Å². The molecule has 0 radical (unpaired) electrons. The predicted octanol–water partition coefficient (Wildman–Crippen LogP) is 3.31. The molecule has 0 aliphatic carbocycles. The van der Waals surface area contributed by atoms with E-state index in [2.05, 4.69) is 44.1 Å². The van der Waals surface area contributed by atoms with Gasteiger partial charge in [-0.15, -0.1) is 0 Å². The van der Waals surface area contributed by atoms with Crippen LogP contribution in [0.3, 0.4) is 0 Å². The van der Waals surface area contributed by atoms with E-state index < -0.39 is 0 Å². The third kappa shape index (κ3) is 5.81. The lowest BCUT2D eigenvalue weighted by Gasteiger charge is -2.25. The van der Waals surface area contributed by atoms with Crippen LogP contribution in [0.2, 0.25) is 5.02 Å². The number of nitrogens with zero attached hydrogens (tertiary/aromatic N) is 1. The van der Waals surface area contributed by atoms with E-state index in [1.54, 1.807) is 7.11 Å². The summed E-state index contributed by atoms with van der Waals surface area (Å²) in [6.45, 7) is 8.87. The molecule has 1 aromatic carbocycles. The monoisotopic (exact) mass is 284 g/mol. The van der Waals surface area contributed by atoms with Gasteiger partial charge in [0, 0.05) is 43.5 Å². The molecule has 0 saturated heterocycles. The predicted molar refractivity (Wildman–Crippen MR) is 83.2 cm³/mol. The molecule has 0 amide bonds. The summed E-state index contributed by atoms with van der Waals surface area (Å²) in [5, 5.41) is 4.27. The zero-order valence-electron chi connectivity index (χ0n) is 12.6. The van der Waals surface area contributed by atoms with Crippen LogP contribution in [0.1, 0.15) is 26.3 Å². The normalized spacial score (nSPS) is 11.7. The number of benzene rings is 1. The fraction of sp³-hybridized carbons (Fsp3) is 0.600. The number of likely N-dealkylation sites (N-methyl/N-ethyl adjacent to an activating group) is 1. The van der Waals surface area contributed by atoms with Gasteiger partial charge in [0.25, 0.3) is 0 Å². The molecule has 0 spiro atoms. The Kier molecular flexibility index (Phi) is 6.11. The average molecular weight is 285 g/mol. The van der Waals surface area contributed by atoms with Crippen LogP contribution in [-0.2, 0) is 11.3 Å². The molecule has 0 bridgehead atoms. The molecule has 0 aliphatic rings. The van der Waals surface area contributed by atoms with Crippen molar-refractivity contribution in [2.75, 3.05) is 32.2 Å². The fourth-order valence-corrected chi connectivity index (χ4v) is 1.92. The van der Waals surface area contributed by atoms with Crippen molar-refractivity contribution in [1.82, 2.24) is 5.32 Å². The summed E-state index contributed by atoms with van der Waals surface area (Å²) in [4.78, 5) is 2.18. The van der Waals surface area contributed by atoms with Crippen molar-refractivity contribution in [2.45, 2.75) is 32.9 Å². The van der Waals surface area contributed by atoms with Gasteiger partial charge in [0.15, 0.2) is 0 Å². The first-order valence-electron chi connectivity index (χ1n) is 6.57. The molecule has 0 heterocycles. The lowest BCUT2D eigenvalue weighted by Crippen LogP contribution is -2.35. The summed E-state index contributed by atoms with van der Waals surface area (Å²) in [6, 6.07) is 6.03. The van der Waals surface area contributed by atoms with Gasteiger partial charge >= 0.3 is 0 Å². The standard InChI is InChI=1S/C15H25ClN2O/c1-15(2,3)17-11-12-6-7-13(16)10-14(12)18(4)8-9-19-5/h6-7,10,17H,8-9,11H2,1-5H3. The van der Waals surface area contributed by atoms with Gasteiger partial charge in [0.05, 0.1) is 6.61 Å². The van der Waals surface area contributed by atoms with Gasteiger partial charge in [-0.2, -0.15) is 0 Å². The Balaban J connectivity index is 2.85. The van der Waals surface area contributed by atoms with Crippen molar-refractivity contribution in [2.24, 2.45) is 0 Å². The number of hydrogen-bond acceptors (Lipinski definition) is 3. The van der Waals surface area contributed by atoms with Gasteiger partial charge in [-0.05, 0) is 38.5 Å². The quantitative estimate of drug-likeness (QED) is 0.867. The minimum atomic E-state index is 0.0992. The largest absolute Gasteiger partial charge is 0.383 e. The fourth-order valence-electron chi connectivity index (χ4n) is 1.75. The van der Waals surface area contributed by atoms with Gasteiger partial charge in [0.1, 0.15) is 0 Å². The third-order valence-corrected chi connectivity index (χ3v) is 3.13. The topological polar surface area (TPSA) is 24.5 Å². The first kappa shape index (κ1) is 16.3. The Bertz CT molecular complexity index is 402. The van der Waals surface area contributed by atoms with Crippen molar-refractivity contribution in [3.8, 4) is 0 Å². The highest BCUT2D eigenvalue weighted by Gasteiger charge is 2.12. The van der Waals surface area contributed by atoms with Crippen LogP contribution in [0.4, 0.5) is 5.69 Å². The summed E-state index contributed by atoms with van der Waals surface area (Å²) >= 11 is 6.11. The maximum absolute atomic E-state index is 6.11. The number of ether oxygens (including phenoxy) is 1. The maximum atomic E-state index is 6.11. The molecule has 3 nitrogen and oxygen atoms in total. The summed E-state index contributed by atoms with van der Waals surface area (Å²) in [7, 11) is 3.78. The van der Waals surface area contributed by atoms with Crippen LogP contribution in [-0.4, -0.2) is 32.8 Å². The number of halogens is 1. The summed E-state index contributed by atoms with van der Waals surface area (Å²) in [5.41, 5.74) is 2.50. The Hall–Kier alpha value is -0.770. The molecule has 0 saturated carbocycles. The molecule has 4 heteroatoms. The summed E-state index contributed by atoms with van der Waals surface area (Å²) in [5.74, 6) is 0. The Labute approximate surface area is 121 Å². The van der Waals surface area contributed by atoms with Crippen molar-refractivity contribution < 1.29 is 4.74 Å². The molecule has 108 valence electrons. The van der Waals surface area contributed by atoms with E-state index in [0.29, 0.717) is 6.61 Å². The zero-order valence-corrected chi connectivity index (χ0v) is 13.3. The van der Waals surface area contributed by atoms with Gasteiger partial charge in [-0.25, -0.2) is 0 Å². The minimum absolute atomic E-state index is 0.0992. The number of rotatable bonds is 6. The van der Waals surface area contributed by atoms with Crippen LogP contribution in [0.5, 0.6) is 0 Å². The SMILES string of the molecule is COCCN(C)c1cc(Cl)ccc1CNC(C)(C)C. The Morgan fingerprint density at radius 1 is 1.32 bits per heavy atom. The second-order valence-corrected chi connectivity index (χ2v) is 6.23. The molecule has 1 aromatic rings. The molecule has 0 atom stereocenters. The summed E-state index contributed by atoms with van der Waals surface area (Å²) in [6.07, 6.45) is 0. The van der Waals surface area contributed by atoms with E-state index in [1.165, 1.54) is 5.56 Å². The number of nitrogens with one attached hydrogen (secondary N) is 1. The highest BCUT2D eigenvalue weighted by molar-refractivity contribution is 6.30. The third-order valence-electron chi connectivity index (χ3n) is 2.90. The van der Waals surface area contributed by atoms with E-state index in [1.807, 2.05) is 12.1 Å². The molecule has 0 fully saturated rings. The summed E-state index contributed by atoms with van der Waals surface area (Å²) < 4.78 is 5.13. The number of methoxy groups -OCH3 is 1. The van der Waals surface area contributed by atoms with Gasteiger partial charge < -0.3 is 15.0 Å². The molecule has 0 unspecified atom stereocenters. The maximum Gasteiger partial charge on any atom is 0.0637 e. The van der Waals surface area contributed by atoms with E-state index in [-0.39, 0.29) is 5.54 Å². The minimum Gasteiger partial charge on any atom is -0.383 e. The van der Waals surface area contributed by atoms with Gasteiger partial charge in [0.2, 0.25) is 0 Å². The molecule has 1 N–H and O–H groups in total. The van der Waals surface area contributed by atoms with Crippen LogP contribution in [0, 0.1) is 0 Å². The van der Waals surface area contributed by atoms with Crippen LogP contribution < -0.4 is 10.2 Å². The Morgan fingerprint density at radius 2 is 2.00 bits per heavy atom. The molecule has 19 heavy (non-hydrogen) atoms. The lowest BCUT2D eigenvalue weighted by molar-refractivity contribution is 0.206. The van der Waals surface area contributed by atoms with Crippen LogP contribution in [0.15, 0.2) is 18.2 Å². The highest BCUT2D eigenvalue weighted by Crippen LogP contribution is 2.24. The van der Waals surface area contributed by atoms with Gasteiger partial charge in [-0.1, -0.05) is 17.7 Å².